The zero-order chi connectivity index (χ0) is 9.52. The Morgan fingerprint density at radius 2 is 2.54 bits per heavy atom. The highest BCUT2D eigenvalue weighted by Crippen LogP contribution is 2.05. The van der Waals surface area contributed by atoms with Crippen LogP contribution in [0.3, 0.4) is 0 Å². The number of anilines is 1. The summed E-state index contributed by atoms with van der Waals surface area (Å²) in [5.41, 5.74) is 0. The first-order valence-electron chi connectivity index (χ1n) is 4.74. The zero-order valence-electron chi connectivity index (χ0n) is 8.16. The van der Waals surface area contributed by atoms with Gasteiger partial charge in [0.1, 0.15) is 0 Å². The van der Waals surface area contributed by atoms with Crippen LogP contribution in [-0.4, -0.2) is 16.1 Å². The lowest BCUT2D eigenvalue weighted by molar-refractivity contribution is 0.636. The highest BCUT2D eigenvalue weighted by molar-refractivity contribution is 5.26. The monoisotopic (exact) mass is 179 g/mol. The second kappa shape index (κ2) is 5.41. The summed E-state index contributed by atoms with van der Waals surface area (Å²) >= 11 is 0. The number of aryl methyl sites for hydroxylation is 1. The molecule has 3 heteroatoms. The van der Waals surface area contributed by atoms with Gasteiger partial charge in [0.2, 0.25) is 5.95 Å². The van der Waals surface area contributed by atoms with E-state index < -0.39 is 0 Å². The molecule has 0 saturated carbocycles. The summed E-state index contributed by atoms with van der Waals surface area (Å²) in [5, 5.41) is 3.19. The van der Waals surface area contributed by atoms with Gasteiger partial charge in [-0.2, -0.15) is 0 Å². The highest BCUT2D eigenvalue weighted by Gasteiger charge is 1.98. The van der Waals surface area contributed by atoms with Crippen LogP contribution in [0.4, 0.5) is 5.95 Å². The number of aromatic nitrogens is 2. The van der Waals surface area contributed by atoms with Crippen LogP contribution in [0.1, 0.15) is 19.8 Å². The van der Waals surface area contributed by atoms with Gasteiger partial charge in [0.25, 0.3) is 0 Å². The molecule has 1 aromatic heterocycles. The molecule has 0 spiro atoms. The molecule has 1 rings (SSSR count). The van der Waals surface area contributed by atoms with E-state index in [1.165, 1.54) is 12.8 Å². The lowest BCUT2D eigenvalue weighted by atomic mass is 10.3. The fourth-order valence-corrected chi connectivity index (χ4v) is 1.15. The Morgan fingerprint density at radius 1 is 1.69 bits per heavy atom. The first-order chi connectivity index (χ1) is 6.38. The van der Waals surface area contributed by atoms with Gasteiger partial charge in [-0.05, 0) is 6.42 Å². The third kappa shape index (κ3) is 2.93. The van der Waals surface area contributed by atoms with Gasteiger partial charge in [-0.15, -0.1) is 6.58 Å². The van der Waals surface area contributed by atoms with Crippen LogP contribution in [0.2, 0.25) is 0 Å². The molecule has 0 aliphatic heterocycles. The topological polar surface area (TPSA) is 29.9 Å². The molecule has 13 heavy (non-hydrogen) atoms. The van der Waals surface area contributed by atoms with Crippen LogP contribution in [0.5, 0.6) is 0 Å². The summed E-state index contributed by atoms with van der Waals surface area (Å²) in [6, 6.07) is 0. The van der Waals surface area contributed by atoms with E-state index in [1.807, 2.05) is 18.5 Å². The molecule has 72 valence electrons. The number of imidazole rings is 1. The Kier molecular flexibility index (Phi) is 4.09. The molecule has 1 aromatic rings. The van der Waals surface area contributed by atoms with Crippen LogP contribution in [-0.2, 0) is 6.54 Å². The number of hydrogen-bond donors (Lipinski definition) is 1. The van der Waals surface area contributed by atoms with Crippen molar-refractivity contribution in [3.63, 3.8) is 0 Å². The van der Waals surface area contributed by atoms with Crippen molar-refractivity contribution in [3.8, 4) is 0 Å². The van der Waals surface area contributed by atoms with E-state index in [2.05, 4.69) is 28.4 Å². The molecule has 1 N–H and O–H groups in total. The van der Waals surface area contributed by atoms with Crippen molar-refractivity contribution < 1.29 is 0 Å². The SMILES string of the molecule is C=CCNc1nccn1CCCC. The third-order valence-corrected chi connectivity index (χ3v) is 1.87. The van der Waals surface area contributed by atoms with Crippen molar-refractivity contribution in [2.24, 2.45) is 0 Å². The van der Waals surface area contributed by atoms with Crippen LogP contribution in [0.15, 0.2) is 25.0 Å². The van der Waals surface area contributed by atoms with Crippen LogP contribution < -0.4 is 5.32 Å². The van der Waals surface area contributed by atoms with E-state index in [4.69, 9.17) is 0 Å². The lowest BCUT2D eigenvalue weighted by Gasteiger charge is -2.06. The van der Waals surface area contributed by atoms with Gasteiger partial charge in [0.15, 0.2) is 0 Å². The highest BCUT2D eigenvalue weighted by atomic mass is 15.2. The Labute approximate surface area is 79.5 Å². The number of nitrogens with one attached hydrogen (secondary N) is 1. The summed E-state index contributed by atoms with van der Waals surface area (Å²) in [4.78, 5) is 4.21. The molecule has 1 heterocycles. The number of nitrogens with zero attached hydrogens (tertiary/aromatic N) is 2. The summed E-state index contributed by atoms with van der Waals surface area (Å²) < 4.78 is 2.13. The number of rotatable bonds is 6. The van der Waals surface area contributed by atoms with E-state index in [9.17, 15) is 0 Å². The molecule has 0 saturated heterocycles. The summed E-state index contributed by atoms with van der Waals surface area (Å²) in [6.45, 7) is 7.65. The largest absolute Gasteiger partial charge is 0.352 e. The van der Waals surface area contributed by atoms with E-state index in [1.54, 1.807) is 0 Å². The van der Waals surface area contributed by atoms with Gasteiger partial charge in [-0.1, -0.05) is 19.4 Å². The van der Waals surface area contributed by atoms with E-state index in [0.29, 0.717) is 0 Å². The summed E-state index contributed by atoms with van der Waals surface area (Å²) in [7, 11) is 0. The van der Waals surface area contributed by atoms with Gasteiger partial charge < -0.3 is 9.88 Å². The Balaban J connectivity index is 2.49. The van der Waals surface area contributed by atoms with E-state index in [0.717, 1.165) is 19.0 Å². The molecular weight excluding hydrogens is 162 g/mol. The average Bonchev–Trinajstić information content (AvgIpc) is 2.59. The number of hydrogen-bond acceptors (Lipinski definition) is 2. The van der Waals surface area contributed by atoms with Crippen molar-refractivity contribution in [1.82, 2.24) is 9.55 Å². The molecule has 0 aliphatic rings. The molecule has 0 atom stereocenters. The number of unbranched alkanes of at least 4 members (excludes halogenated alkanes) is 1. The predicted octanol–water partition coefficient (Wildman–Crippen LogP) is 2.28. The maximum atomic E-state index is 4.21. The normalized spacial score (nSPS) is 9.92. The third-order valence-electron chi connectivity index (χ3n) is 1.87. The molecule has 0 bridgehead atoms. The van der Waals surface area contributed by atoms with E-state index >= 15 is 0 Å². The Hall–Kier alpha value is -1.25. The fraction of sp³-hybridized carbons (Fsp3) is 0.500. The molecule has 0 unspecified atom stereocenters. The van der Waals surface area contributed by atoms with Gasteiger partial charge >= 0.3 is 0 Å². The Morgan fingerprint density at radius 3 is 3.23 bits per heavy atom. The molecule has 0 radical (unpaired) electrons. The molecule has 3 nitrogen and oxygen atoms in total. The first-order valence-corrected chi connectivity index (χ1v) is 4.74. The zero-order valence-corrected chi connectivity index (χ0v) is 8.16. The summed E-state index contributed by atoms with van der Waals surface area (Å²) in [6.07, 6.45) is 8.05. The minimum atomic E-state index is 0.767. The van der Waals surface area contributed by atoms with Crippen LogP contribution >= 0.6 is 0 Å². The second-order valence-corrected chi connectivity index (χ2v) is 2.97. The van der Waals surface area contributed by atoms with Crippen molar-refractivity contribution in [3.05, 3.63) is 25.0 Å². The first kappa shape index (κ1) is 9.84. The molecule has 0 fully saturated rings. The van der Waals surface area contributed by atoms with E-state index in [-0.39, 0.29) is 0 Å². The molecule has 0 amide bonds. The van der Waals surface area contributed by atoms with Crippen molar-refractivity contribution in [2.45, 2.75) is 26.3 Å². The average molecular weight is 179 g/mol. The Bertz CT molecular complexity index is 252. The lowest BCUT2D eigenvalue weighted by Crippen LogP contribution is -2.06. The van der Waals surface area contributed by atoms with Crippen molar-refractivity contribution in [1.29, 1.82) is 0 Å². The minimum absolute atomic E-state index is 0.767. The second-order valence-electron chi connectivity index (χ2n) is 2.97. The smallest absolute Gasteiger partial charge is 0.203 e. The van der Waals surface area contributed by atoms with Crippen molar-refractivity contribution >= 4 is 5.95 Å². The van der Waals surface area contributed by atoms with Crippen LogP contribution in [0, 0.1) is 0 Å². The summed E-state index contributed by atoms with van der Waals surface area (Å²) in [5.74, 6) is 0.938. The minimum Gasteiger partial charge on any atom is -0.352 e. The van der Waals surface area contributed by atoms with Gasteiger partial charge in [0, 0.05) is 25.5 Å². The standard InChI is InChI=1S/C10H17N3/c1-3-5-8-13-9-7-12-10(13)11-6-4-2/h4,7,9H,2-3,5-6,8H2,1H3,(H,11,12). The fourth-order valence-electron chi connectivity index (χ4n) is 1.15. The quantitative estimate of drug-likeness (QED) is 0.679. The maximum absolute atomic E-state index is 4.21. The van der Waals surface area contributed by atoms with Crippen molar-refractivity contribution in [2.75, 3.05) is 11.9 Å². The molecule has 0 aliphatic carbocycles. The van der Waals surface area contributed by atoms with Crippen LogP contribution in [0.25, 0.3) is 0 Å². The van der Waals surface area contributed by atoms with Gasteiger partial charge in [-0.25, -0.2) is 4.98 Å². The van der Waals surface area contributed by atoms with Gasteiger partial charge in [0.05, 0.1) is 0 Å². The maximum Gasteiger partial charge on any atom is 0.203 e. The molecular formula is C10H17N3. The van der Waals surface area contributed by atoms with Gasteiger partial charge in [-0.3, -0.25) is 0 Å². The predicted molar refractivity (Wildman–Crippen MR) is 55.8 cm³/mol. The molecule has 0 aromatic carbocycles.